The van der Waals surface area contributed by atoms with Gasteiger partial charge in [0.05, 0.1) is 25.7 Å². The molecule has 3 rings (SSSR count). The SMILES string of the molecule is CCC[N+](CC)(CCCN1CCCCC1C(=O)Nc1c(C)ccc(S)c1C)CC(=O)Cc1c(C)cc(O)cc1C. The lowest BCUT2D eigenvalue weighted by Crippen LogP contribution is -2.54. The number of nitrogens with zero attached hydrogens (tertiary/aromatic N) is 2. The highest BCUT2D eigenvalue weighted by atomic mass is 32.1. The molecule has 0 radical (unpaired) electrons. The molecule has 2 N–H and O–H groups in total. The van der Waals surface area contributed by atoms with E-state index in [4.69, 9.17) is 0 Å². The Labute approximate surface area is 247 Å². The minimum absolute atomic E-state index is 0.0736. The molecule has 1 aliphatic heterocycles. The normalized spacial score (nSPS) is 17.4. The molecule has 2 aromatic carbocycles. The number of phenolic OH excluding ortho intramolecular Hbond substituents is 1. The second-order valence-corrected chi connectivity index (χ2v) is 12.3. The number of rotatable bonds is 13. The zero-order valence-corrected chi connectivity index (χ0v) is 26.4. The van der Waals surface area contributed by atoms with E-state index in [1.54, 1.807) is 12.1 Å². The summed E-state index contributed by atoms with van der Waals surface area (Å²) in [7, 11) is 0. The average molecular weight is 569 g/mol. The first-order valence-electron chi connectivity index (χ1n) is 15.0. The number of benzene rings is 2. The number of quaternary nitrogens is 1. The van der Waals surface area contributed by atoms with Crippen LogP contribution in [0, 0.1) is 27.7 Å². The quantitative estimate of drug-likeness (QED) is 0.200. The number of aromatic hydroxyl groups is 1. The van der Waals surface area contributed by atoms with Gasteiger partial charge in [-0.05, 0) is 106 Å². The summed E-state index contributed by atoms with van der Waals surface area (Å²) < 4.78 is 0.781. The molecule has 0 aliphatic carbocycles. The first kappa shape index (κ1) is 32.2. The molecule has 2 aromatic rings. The van der Waals surface area contributed by atoms with Crippen molar-refractivity contribution in [1.29, 1.82) is 0 Å². The van der Waals surface area contributed by atoms with Crippen LogP contribution in [-0.2, 0) is 16.0 Å². The highest BCUT2D eigenvalue weighted by Crippen LogP contribution is 2.28. The molecule has 7 heteroatoms. The van der Waals surface area contributed by atoms with E-state index < -0.39 is 0 Å². The zero-order chi connectivity index (χ0) is 29.4. The van der Waals surface area contributed by atoms with Gasteiger partial charge in [0.15, 0.2) is 5.78 Å². The van der Waals surface area contributed by atoms with E-state index in [0.717, 1.165) is 108 Å². The van der Waals surface area contributed by atoms with Crippen molar-refractivity contribution < 1.29 is 19.2 Å². The highest BCUT2D eigenvalue weighted by molar-refractivity contribution is 7.80. The largest absolute Gasteiger partial charge is 0.508 e. The number of piperidine rings is 1. The van der Waals surface area contributed by atoms with Crippen LogP contribution < -0.4 is 5.32 Å². The maximum absolute atomic E-state index is 13.5. The Kier molecular flexibility index (Phi) is 11.7. The van der Waals surface area contributed by atoms with E-state index in [0.29, 0.717) is 13.0 Å². The van der Waals surface area contributed by atoms with E-state index in [9.17, 15) is 14.7 Å². The van der Waals surface area contributed by atoms with Crippen molar-refractivity contribution in [1.82, 2.24) is 4.90 Å². The van der Waals surface area contributed by atoms with Crippen LogP contribution in [0.25, 0.3) is 0 Å². The monoisotopic (exact) mass is 568 g/mol. The van der Waals surface area contributed by atoms with Crippen molar-refractivity contribution in [3.8, 4) is 5.75 Å². The van der Waals surface area contributed by atoms with Gasteiger partial charge < -0.3 is 14.9 Å². The first-order chi connectivity index (χ1) is 19.0. The number of likely N-dealkylation sites (N-methyl/N-ethyl adjacent to an activating group) is 1. The van der Waals surface area contributed by atoms with Gasteiger partial charge in [0.1, 0.15) is 12.3 Å². The number of Topliss-reactive ketones (excluding diaryl/α,β-unsaturated/α-hetero) is 1. The van der Waals surface area contributed by atoms with Gasteiger partial charge in [-0.1, -0.05) is 19.4 Å². The highest BCUT2D eigenvalue weighted by Gasteiger charge is 2.32. The number of hydrogen-bond acceptors (Lipinski definition) is 5. The Morgan fingerprint density at radius 1 is 1.05 bits per heavy atom. The number of likely N-dealkylation sites (tertiary alicyclic amines) is 1. The summed E-state index contributed by atoms with van der Waals surface area (Å²) in [6.45, 7) is 17.5. The number of ketones is 1. The molecule has 1 saturated heterocycles. The minimum atomic E-state index is -0.132. The van der Waals surface area contributed by atoms with Crippen LogP contribution >= 0.6 is 12.6 Å². The lowest BCUT2D eigenvalue weighted by atomic mass is 9.97. The molecule has 0 aromatic heterocycles. The molecule has 1 heterocycles. The molecule has 0 spiro atoms. The molecule has 220 valence electrons. The lowest BCUT2D eigenvalue weighted by molar-refractivity contribution is -0.919. The Bertz CT molecular complexity index is 1170. The van der Waals surface area contributed by atoms with Gasteiger partial charge in [0, 0.05) is 30.0 Å². The van der Waals surface area contributed by atoms with Crippen molar-refractivity contribution in [3.05, 3.63) is 52.1 Å². The number of amides is 1. The topological polar surface area (TPSA) is 69.6 Å². The third-order valence-corrected chi connectivity index (χ3v) is 9.31. The van der Waals surface area contributed by atoms with Gasteiger partial charge in [-0.2, -0.15) is 0 Å². The summed E-state index contributed by atoms with van der Waals surface area (Å²) in [5.74, 6) is 0.574. The van der Waals surface area contributed by atoms with E-state index >= 15 is 0 Å². The number of thiol groups is 1. The van der Waals surface area contributed by atoms with Crippen LogP contribution in [0.2, 0.25) is 0 Å². The van der Waals surface area contributed by atoms with E-state index in [2.05, 4.69) is 36.7 Å². The Morgan fingerprint density at radius 2 is 1.75 bits per heavy atom. The third-order valence-electron chi connectivity index (χ3n) is 8.82. The summed E-state index contributed by atoms with van der Waals surface area (Å²) in [5.41, 5.74) is 5.91. The zero-order valence-electron chi connectivity index (χ0n) is 25.5. The molecule has 6 nitrogen and oxygen atoms in total. The Hall–Kier alpha value is -2.35. The predicted molar refractivity (Wildman–Crippen MR) is 168 cm³/mol. The molecule has 1 aliphatic rings. The summed E-state index contributed by atoms with van der Waals surface area (Å²) in [6.07, 6.45) is 5.43. The van der Waals surface area contributed by atoms with Gasteiger partial charge in [-0.25, -0.2) is 0 Å². The molecular weight excluding hydrogens is 518 g/mol. The molecule has 1 amide bonds. The van der Waals surface area contributed by atoms with Gasteiger partial charge in [0.2, 0.25) is 5.91 Å². The molecule has 2 unspecified atom stereocenters. The summed E-state index contributed by atoms with van der Waals surface area (Å²) in [6, 6.07) is 7.33. The van der Waals surface area contributed by atoms with Crippen molar-refractivity contribution in [3.63, 3.8) is 0 Å². The number of anilines is 1. The standard InChI is InChI=1S/C33H49N3O3S/c1-7-17-36(8-2,22-28(38)21-29-24(4)19-27(37)20-25(29)5)18-11-16-35-15-10-9-12-30(35)33(39)34-32-23(3)13-14-31(40)26(32)6/h13-14,19-20,30H,7-12,15-18,21-22H2,1-6H3,(H2-,34,37,39,40)/p+1. The van der Waals surface area contributed by atoms with Crippen molar-refractivity contribution in [2.75, 3.05) is 44.6 Å². The number of carbonyl (C=O) groups is 2. The fraction of sp³-hybridized carbons (Fsp3) is 0.576. The second-order valence-electron chi connectivity index (χ2n) is 11.8. The van der Waals surface area contributed by atoms with E-state index in [1.807, 2.05) is 39.8 Å². The molecule has 0 saturated carbocycles. The van der Waals surface area contributed by atoms with Gasteiger partial charge in [-0.3, -0.25) is 14.5 Å². The van der Waals surface area contributed by atoms with Crippen LogP contribution in [0.15, 0.2) is 29.2 Å². The van der Waals surface area contributed by atoms with E-state index in [-0.39, 0.29) is 23.5 Å². The minimum Gasteiger partial charge on any atom is -0.508 e. The number of aryl methyl sites for hydroxylation is 3. The van der Waals surface area contributed by atoms with Crippen LogP contribution in [-0.4, -0.2) is 71.5 Å². The fourth-order valence-electron chi connectivity index (χ4n) is 6.45. The summed E-state index contributed by atoms with van der Waals surface area (Å²) >= 11 is 4.55. The number of nitrogens with one attached hydrogen (secondary N) is 1. The molecular formula is C33H50N3O3S+. The smallest absolute Gasteiger partial charge is 0.241 e. The second kappa shape index (κ2) is 14.5. The number of phenols is 1. The van der Waals surface area contributed by atoms with Gasteiger partial charge >= 0.3 is 0 Å². The van der Waals surface area contributed by atoms with Crippen molar-refractivity contribution in [2.24, 2.45) is 0 Å². The Balaban J connectivity index is 1.65. The van der Waals surface area contributed by atoms with Crippen LogP contribution in [0.5, 0.6) is 5.75 Å². The Morgan fingerprint density at radius 3 is 2.40 bits per heavy atom. The van der Waals surface area contributed by atoms with Crippen LogP contribution in [0.4, 0.5) is 5.69 Å². The fourth-order valence-corrected chi connectivity index (χ4v) is 6.63. The number of carbonyl (C=O) groups excluding carboxylic acids is 2. The summed E-state index contributed by atoms with van der Waals surface area (Å²) in [4.78, 5) is 30.1. The van der Waals surface area contributed by atoms with Gasteiger partial charge in [-0.15, -0.1) is 12.6 Å². The van der Waals surface area contributed by atoms with Crippen LogP contribution in [0.1, 0.15) is 73.8 Å². The van der Waals surface area contributed by atoms with Crippen molar-refractivity contribution in [2.45, 2.75) is 91.0 Å². The average Bonchev–Trinajstić information content (AvgIpc) is 2.91. The first-order valence-corrected chi connectivity index (χ1v) is 15.4. The van der Waals surface area contributed by atoms with Crippen molar-refractivity contribution >= 4 is 30.0 Å². The summed E-state index contributed by atoms with van der Waals surface area (Å²) in [5, 5.41) is 13.1. The maximum Gasteiger partial charge on any atom is 0.241 e. The number of hydrogen-bond donors (Lipinski definition) is 3. The molecule has 40 heavy (non-hydrogen) atoms. The molecule has 0 bridgehead atoms. The predicted octanol–water partition coefficient (Wildman–Crippen LogP) is 6.16. The van der Waals surface area contributed by atoms with Gasteiger partial charge in [0.25, 0.3) is 0 Å². The maximum atomic E-state index is 13.5. The molecule has 1 fully saturated rings. The lowest BCUT2D eigenvalue weighted by Gasteiger charge is -2.39. The molecule has 2 atom stereocenters. The third kappa shape index (κ3) is 8.11. The van der Waals surface area contributed by atoms with Crippen LogP contribution in [0.3, 0.4) is 0 Å². The van der Waals surface area contributed by atoms with E-state index in [1.165, 1.54) is 0 Å².